The van der Waals surface area contributed by atoms with Crippen molar-refractivity contribution in [2.24, 2.45) is 23.7 Å². The Morgan fingerprint density at radius 1 is 0.551 bits per heavy atom. The van der Waals surface area contributed by atoms with E-state index in [9.17, 15) is 5.11 Å². The zero-order chi connectivity index (χ0) is 33.4. The van der Waals surface area contributed by atoms with Gasteiger partial charge in [-0.15, -0.1) is 0 Å². The molecule has 2 heteroatoms. The van der Waals surface area contributed by atoms with Crippen molar-refractivity contribution in [1.29, 1.82) is 0 Å². The molecular weight excluding hydrogens is 660 g/mol. The van der Waals surface area contributed by atoms with Gasteiger partial charge in [-0.3, -0.25) is 0 Å². The Hall–Kier alpha value is -4.76. The fourth-order valence-electron chi connectivity index (χ4n) is 8.68. The van der Waals surface area contributed by atoms with E-state index in [0.29, 0.717) is 0 Å². The van der Waals surface area contributed by atoms with Crippen LogP contribution in [0.15, 0.2) is 187 Å². The van der Waals surface area contributed by atoms with Crippen LogP contribution in [0, 0.1) is 23.7 Å². The number of rotatable bonds is 7. The molecule has 0 saturated heterocycles. The van der Waals surface area contributed by atoms with E-state index in [-0.39, 0.29) is 29.6 Å². The molecule has 0 radical (unpaired) electrons. The summed E-state index contributed by atoms with van der Waals surface area (Å²) >= 11 is 3.96. The molecule has 0 aliphatic heterocycles. The zero-order valence-electron chi connectivity index (χ0n) is 27.5. The van der Waals surface area contributed by atoms with Gasteiger partial charge in [-0.05, 0) is 80.0 Å². The lowest BCUT2D eigenvalue weighted by atomic mass is 9.52. The van der Waals surface area contributed by atoms with Gasteiger partial charge in [0.25, 0.3) is 0 Å². The highest BCUT2D eigenvalue weighted by molar-refractivity contribution is 9.10. The number of hydrogen-bond donors (Lipinski definition) is 1. The van der Waals surface area contributed by atoms with Gasteiger partial charge in [0, 0.05) is 16.3 Å². The zero-order valence-corrected chi connectivity index (χ0v) is 29.1. The summed E-state index contributed by atoms with van der Waals surface area (Å²) in [5.74, 6) is -0.100. The molecule has 0 aromatic heterocycles. The predicted molar refractivity (Wildman–Crippen MR) is 209 cm³/mol. The molecule has 0 heterocycles. The maximum absolute atomic E-state index is 14.2. The van der Waals surface area contributed by atoms with Crippen molar-refractivity contribution in [2.75, 3.05) is 0 Å². The first-order valence-electron chi connectivity index (χ1n) is 17.3. The van der Waals surface area contributed by atoms with Crippen LogP contribution >= 0.6 is 15.9 Å². The molecule has 1 N–H and O–H groups in total. The van der Waals surface area contributed by atoms with E-state index in [1.807, 2.05) is 0 Å². The molecule has 0 fully saturated rings. The summed E-state index contributed by atoms with van der Waals surface area (Å²) in [6.07, 6.45) is 17.6. The second-order valence-corrected chi connectivity index (χ2v) is 14.4. The van der Waals surface area contributed by atoms with Crippen molar-refractivity contribution in [3.05, 3.63) is 203 Å². The number of benzene rings is 5. The summed E-state index contributed by atoms with van der Waals surface area (Å²) in [6, 6.07) is 47.4. The van der Waals surface area contributed by atoms with Crippen LogP contribution in [-0.2, 0) is 0 Å². The van der Waals surface area contributed by atoms with E-state index in [4.69, 9.17) is 0 Å². The van der Waals surface area contributed by atoms with Crippen LogP contribution in [0.2, 0.25) is 0 Å². The highest BCUT2D eigenvalue weighted by Crippen LogP contribution is 2.62. The maximum Gasteiger partial charge on any atom is 0.107 e. The third kappa shape index (κ3) is 5.63. The summed E-state index contributed by atoms with van der Waals surface area (Å²) < 4.78 is 1.04. The minimum Gasteiger partial charge on any atom is -0.384 e. The molecule has 0 amide bonds. The summed E-state index contributed by atoms with van der Waals surface area (Å²) in [4.78, 5) is 0. The number of aliphatic hydroxyl groups is 1. The number of hydrogen-bond acceptors (Lipinski definition) is 1. The average Bonchev–Trinajstić information content (AvgIpc) is 3.90. The van der Waals surface area contributed by atoms with Gasteiger partial charge in [0.15, 0.2) is 0 Å². The molecule has 4 unspecified atom stereocenters. The average molecular weight is 700 g/mol. The molecule has 240 valence electrons. The molecule has 0 bridgehead atoms. The molecule has 3 aliphatic carbocycles. The van der Waals surface area contributed by atoms with Gasteiger partial charge in [0.2, 0.25) is 0 Å². The minimum atomic E-state index is -1.28. The van der Waals surface area contributed by atoms with Gasteiger partial charge in [-0.1, -0.05) is 193 Å². The van der Waals surface area contributed by atoms with Gasteiger partial charge in [-0.2, -0.15) is 0 Å². The first-order chi connectivity index (χ1) is 24.0. The summed E-state index contributed by atoms with van der Waals surface area (Å²) in [5.41, 5.74) is 8.90. The Kier molecular flexibility index (Phi) is 8.53. The second-order valence-electron chi connectivity index (χ2n) is 13.5. The largest absolute Gasteiger partial charge is 0.384 e. The molecule has 4 atom stereocenters. The van der Waals surface area contributed by atoms with Crippen LogP contribution in [0.1, 0.15) is 29.5 Å². The predicted octanol–water partition coefficient (Wildman–Crippen LogP) is 12.0. The maximum atomic E-state index is 14.2. The lowest BCUT2D eigenvalue weighted by Gasteiger charge is -2.54. The molecule has 5 aromatic carbocycles. The van der Waals surface area contributed by atoms with E-state index in [2.05, 4.69) is 205 Å². The van der Waals surface area contributed by atoms with Crippen molar-refractivity contribution in [3.63, 3.8) is 0 Å². The lowest BCUT2D eigenvalue weighted by Crippen LogP contribution is -2.52. The first kappa shape index (κ1) is 31.5. The van der Waals surface area contributed by atoms with Crippen LogP contribution in [0.3, 0.4) is 0 Å². The molecule has 0 spiro atoms. The summed E-state index contributed by atoms with van der Waals surface area (Å²) in [7, 11) is 0. The minimum absolute atomic E-state index is 0.0802. The van der Waals surface area contributed by atoms with Gasteiger partial charge >= 0.3 is 0 Å². The van der Waals surface area contributed by atoms with Gasteiger partial charge in [0.05, 0.1) is 0 Å². The van der Waals surface area contributed by atoms with E-state index >= 15 is 0 Å². The Morgan fingerprint density at radius 2 is 1.08 bits per heavy atom. The lowest BCUT2D eigenvalue weighted by molar-refractivity contribution is 0.00704. The summed E-state index contributed by atoms with van der Waals surface area (Å²) in [5, 5.41) is 14.2. The SMILES string of the molecule is CC1C(c2ccccc2Br)=C(c2cccc(-c3ccccc3)c2)C(O)(C2C=CC=C2)C(c2cccc(-c3ccccc3)c2)C1C1C=CC=C1. The van der Waals surface area contributed by atoms with Gasteiger partial charge < -0.3 is 5.11 Å². The summed E-state index contributed by atoms with van der Waals surface area (Å²) in [6.45, 7) is 2.38. The molecule has 1 nitrogen and oxygen atoms in total. The highest BCUT2D eigenvalue weighted by Gasteiger charge is 2.57. The van der Waals surface area contributed by atoms with Crippen molar-refractivity contribution in [3.8, 4) is 22.3 Å². The van der Waals surface area contributed by atoms with Crippen molar-refractivity contribution in [2.45, 2.75) is 18.4 Å². The fraction of sp³-hybridized carbons (Fsp3) is 0.149. The molecule has 3 aliphatic rings. The van der Waals surface area contributed by atoms with E-state index in [1.54, 1.807) is 0 Å². The first-order valence-corrected chi connectivity index (χ1v) is 18.1. The van der Waals surface area contributed by atoms with Crippen LogP contribution in [0.4, 0.5) is 0 Å². The standard InChI is InChI=1S/C47H39BrO/c1-32-43(35-20-8-9-21-35)45(38-24-14-22-36(30-38)33-16-4-2-5-17-33)47(49,40-26-10-11-27-40)46(44(32)41-28-12-13-29-42(41)48)39-25-15-23-37(31-39)34-18-6-3-7-19-34/h2-32,35,40,43,45,49H,1H3. The number of halogens is 1. The normalized spacial score (nSPS) is 23.5. The van der Waals surface area contributed by atoms with Crippen LogP contribution < -0.4 is 0 Å². The number of allylic oxidation sites excluding steroid dienone is 7. The van der Waals surface area contributed by atoms with Crippen LogP contribution in [0.5, 0.6) is 0 Å². The molecular formula is C47H39BrO. The quantitative estimate of drug-likeness (QED) is 0.179. The van der Waals surface area contributed by atoms with Gasteiger partial charge in [0.1, 0.15) is 5.60 Å². The van der Waals surface area contributed by atoms with E-state index in [1.165, 1.54) is 11.1 Å². The molecule has 8 rings (SSSR count). The molecule has 5 aromatic rings. The highest BCUT2D eigenvalue weighted by atomic mass is 79.9. The Bertz CT molecular complexity index is 2110. The van der Waals surface area contributed by atoms with Crippen LogP contribution in [0.25, 0.3) is 33.4 Å². The van der Waals surface area contributed by atoms with E-state index in [0.717, 1.165) is 43.4 Å². The van der Waals surface area contributed by atoms with Crippen molar-refractivity contribution in [1.82, 2.24) is 0 Å². The Labute approximate surface area is 298 Å². The van der Waals surface area contributed by atoms with Crippen molar-refractivity contribution >= 4 is 27.1 Å². The molecule has 0 saturated carbocycles. The monoisotopic (exact) mass is 698 g/mol. The third-order valence-electron chi connectivity index (χ3n) is 10.8. The van der Waals surface area contributed by atoms with E-state index < -0.39 is 5.60 Å². The Morgan fingerprint density at radius 3 is 1.73 bits per heavy atom. The second kappa shape index (κ2) is 13.3. The van der Waals surface area contributed by atoms with Crippen molar-refractivity contribution < 1.29 is 5.11 Å². The fourth-order valence-corrected chi connectivity index (χ4v) is 9.18. The van der Waals surface area contributed by atoms with Gasteiger partial charge in [-0.25, -0.2) is 0 Å². The Balaban J connectivity index is 1.46. The van der Waals surface area contributed by atoms with Crippen LogP contribution in [-0.4, -0.2) is 10.7 Å². The topological polar surface area (TPSA) is 20.2 Å². The molecule has 49 heavy (non-hydrogen) atoms. The smallest absolute Gasteiger partial charge is 0.107 e. The third-order valence-corrected chi connectivity index (χ3v) is 11.5.